The second-order valence-corrected chi connectivity index (χ2v) is 6.03. The molecule has 0 amide bonds. The summed E-state index contributed by atoms with van der Waals surface area (Å²) in [6.07, 6.45) is 0. The average Bonchev–Trinajstić information content (AvgIpc) is 2.78. The molecule has 2 aromatic carbocycles. The fourth-order valence-corrected chi connectivity index (χ4v) is 3.12. The lowest BCUT2D eigenvalue weighted by molar-refractivity contribution is -0.595. The summed E-state index contributed by atoms with van der Waals surface area (Å²) < 4.78 is 13.8. The first-order chi connectivity index (χ1) is 11.8. The molecule has 1 aliphatic heterocycles. The van der Waals surface area contributed by atoms with Crippen LogP contribution >= 0.6 is 0 Å². The first-order valence-corrected chi connectivity index (χ1v) is 7.60. The number of nitro groups is 1. The van der Waals surface area contributed by atoms with Gasteiger partial charge in [-0.2, -0.15) is 4.74 Å². The van der Waals surface area contributed by atoms with Crippen LogP contribution in [0.25, 0.3) is 0 Å². The van der Waals surface area contributed by atoms with Crippen LogP contribution in [0, 0.1) is 21.1 Å². The normalized spacial score (nSPS) is 23.9. The molecule has 0 aromatic heterocycles. The topological polar surface area (TPSA) is 92.7 Å². The Kier molecular flexibility index (Phi) is 4.02. The number of hydroxylamine groups is 3. The molecule has 0 spiro atoms. The number of halogens is 1. The Morgan fingerprint density at radius 1 is 1.20 bits per heavy atom. The van der Waals surface area contributed by atoms with Gasteiger partial charge in [-0.1, -0.05) is 0 Å². The van der Waals surface area contributed by atoms with Crippen molar-refractivity contribution < 1.29 is 19.3 Å². The highest BCUT2D eigenvalue weighted by Crippen LogP contribution is 2.36. The van der Waals surface area contributed by atoms with Gasteiger partial charge < -0.3 is 10.4 Å². The Hall–Kier alpha value is -2.84. The van der Waals surface area contributed by atoms with E-state index in [1.54, 1.807) is 6.92 Å². The lowest BCUT2D eigenvalue weighted by Crippen LogP contribution is -2.45. The molecule has 0 unspecified atom stereocenters. The average molecular weight is 345 g/mol. The van der Waals surface area contributed by atoms with E-state index in [2.05, 4.69) is 0 Å². The zero-order valence-electron chi connectivity index (χ0n) is 13.6. The van der Waals surface area contributed by atoms with Crippen LogP contribution < -0.4 is 0 Å². The Morgan fingerprint density at radius 2 is 1.76 bits per heavy atom. The first-order valence-electron chi connectivity index (χ1n) is 7.60. The Morgan fingerprint density at radius 3 is 2.28 bits per heavy atom. The van der Waals surface area contributed by atoms with Crippen LogP contribution in [-0.4, -0.2) is 31.7 Å². The maximum Gasteiger partial charge on any atom is 0.274 e. The monoisotopic (exact) mass is 345 g/mol. The van der Waals surface area contributed by atoms with Gasteiger partial charge in [0.05, 0.1) is 4.92 Å². The van der Waals surface area contributed by atoms with Gasteiger partial charge in [-0.15, -0.1) is 5.06 Å². The third kappa shape index (κ3) is 2.55. The molecule has 0 saturated heterocycles. The second kappa shape index (κ2) is 5.91. The third-order valence-corrected chi connectivity index (χ3v) is 4.59. The van der Waals surface area contributed by atoms with E-state index >= 15 is 0 Å². The summed E-state index contributed by atoms with van der Waals surface area (Å²) in [6, 6.07) is 10.2. The Balaban J connectivity index is 2.11. The van der Waals surface area contributed by atoms with E-state index in [9.17, 15) is 24.9 Å². The third-order valence-electron chi connectivity index (χ3n) is 4.59. The highest BCUT2D eigenvalue weighted by atomic mass is 19.1. The first kappa shape index (κ1) is 17.0. The van der Waals surface area contributed by atoms with Crippen molar-refractivity contribution >= 4 is 11.4 Å². The molecule has 3 rings (SSSR count). The van der Waals surface area contributed by atoms with Crippen molar-refractivity contribution in [3.63, 3.8) is 0 Å². The van der Waals surface area contributed by atoms with Crippen molar-refractivity contribution in [1.29, 1.82) is 0 Å². The number of nitrogens with zero attached hydrogens (tertiary/aromatic N) is 3. The molecule has 0 fully saturated rings. The van der Waals surface area contributed by atoms with Crippen molar-refractivity contribution in [1.82, 2.24) is 5.06 Å². The molecule has 1 heterocycles. The molecular weight excluding hydrogens is 329 g/mol. The molecular formula is C17H16FN3O4. The number of nitro benzene ring substituents is 1. The second-order valence-electron chi connectivity index (χ2n) is 6.03. The van der Waals surface area contributed by atoms with Gasteiger partial charge in [-0.25, -0.2) is 4.39 Å². The van der Waals surface area contributed by atoms with Crippen LogP contribution in [0.15, 0.2) is 48.5 Å². The molecule has 0 bridgehead atoms. The van der Waals surface area contributed by atoms with Crippen molar-refractivity contribution in [2.45, 2.75) is 25.6 Å². The molecule has 8 heteroatoms. The zero-order chi connectivity index (χ0) is 18.4. The van der Waals surface area contributed by atoms with Crippen LogP contribution in [0.2, 0.25) is 0 Å². The van der Waals surface area contributed by atoms with E-state index in [1.807, 2.05) is 0 Å². The quantitative estimate of drug-likeness (QED) is 0.399. The number of hydrogen-bond donors (Lipinski definition) is 1. The lowest BCUT2D eigenvalue weighted by atomic mass is 10.0. The van der Waals surface area contributed by atoms with Crippen molar-refractivity contribution in [3.05, 3.63) is 80.8 Å². The number of non-ortho nitro benzene ring substituents is 1. The minimum Gasteiger partial charge on any atom is -0.622 e. The maximum absolute atomic E-state index is 13.1. The number of benzene rings is 2. The highest BCUT2D eigenvalue weighted by Gasteiger charge is 2.54. The van der Waals surface area contributed by atoms with Crippen LogP contribution in [0.3, 0.4) is 0 Å². The van der Waals surface area contributed by atoms with E-state index in [0.717, 1.165) is 5.06 Å². The summed E-state index contributed by atoms with van der Waals surface area (Å²) in [5, 5.41) is 35.3. The summed E-state index contributed by atoms with van der Waals surface area (Å²) in [4.78, 5) is 10.3. The van der Waals surface area contributed by atoms with E-state index in [4.69, 9.17) is 0 Å². The van der Waals surface area contributed by atoms with E-state index in [1.165, 1.54) is 55.5 Å². The van der Waals surface area contributed by atoms with Crippen molar-refractivity contribution in [2.24, 2.45) is 0 Å². The molecule has 2 atom stereocenters. The van der Waals surface area contributed by atoms with Gasteiger partial charge in [0, 0.05) is 30.2 Å². The molecule has 7 nitrogen and oxygen atoms in total. The Bertz CT molecular complexity index is 851. The van der Waals surface area contributed by atoms with E-state index in [0.29, 0.717) is 15.9 Å². The molecule has 0 saturated carbocycles. The zero-order valence-corrected chi connectivity index (χ0v) is 13.6. The minimum absolute atomic E-state index is 0.108. The van der Waals surface area contributed by atoms with Gasteiger partial charge in [0.25, 0.3) is 11.4 Å². The SMILES string of the molecule is C[C@H]1C(c2ccc(F)cc2)=[N+]([O-])[C@](C)(c2ccc([N+](=O)[O-])cc2)N1O. The van der Waals surface area contributed by atoms with Gasteiger partial charge >= 0.3 is 0 Å². The number of hydrogen-bond acceptors (Lipinski definition) is 5. The Labute approximate surface area is 142 Å². The summed E-state index contributed by atoms with van der Waals surface area (Å²) in [7, 11) is 0. The predicted molar refractivity (Wildman–Crippen MR) is 87.7 cm³/mol. The van der Waals surface area contributed by atoms with Gasteiger partial charge in [0.15, 0.2) is 0 Å². The lowest BCUT2D eigenvalue weighted by Gasteiger charge is -2.29. The van der Waals surface area contributed by atoms with Gasteiger partial charge in [-0.05, 0) is 43.3 Å². The fraction of sp³-hybridized carbons (Fsp3) is 0.235. The van der Waals surface area contributed by atoms with E-state index in [-0.39, 0.29) is 11.4 Å². The largest absolute Gasteiger partial charge is 0.622 e. The summed E-state index contributed by atoms with van der Waals surface area (Å²) in [5.74, 6) is -0.425. The maximum atomic E-state index is 13.1. The highest BCUT2D eigenvalue weighted by molar-refractivity contribution is 6.01. The minimum atomic E-state index is -1.46. The molecule has 2 aromatic rings. The fourth-order valence-electron chi connectivity index (χ4n) is 3.12. The van der Waals surface area contributed by atoms with E-state index < -0.39 is 22.4 Å². The number of rotatable bonds is 3. The van der Waals surface area contributed by atoms with Crippen LogP contribution in [0.5, 0.6) is 0 Å². The van der Waals surface area contributed by atoms with Crippen LogP contribution in [0.1, 0.15) is 25.0 Å². The van der Waals surface area contributed by atoms with Gasteiger partial charge in [0.2, 0.25) is 5.71 Å². The van der Waals surface area contributed by atoms with Crippen LogP contribution in [-0.2, 0) is 5.66 Å². The van der Waals surface area contributed by atoms with Crippen LogP contribution in [0.4, 0.5) is 10.1 Å². The summed E-state index contributed by atoms with van der Waals surface area (Å²) in [6.45, 7) is 3.18. The van der Waals surface area contributed by atoms with Gasteiger partial charge in [0.1, 0.15) is 11.9 Å². The predicted octanol–water partition coefficient (Wildman–Crippen LogP) is 3.00. The molecule has 25 heavy (non-hydrogen) atoms. The standard InChI is InChI=1S/C17H16FN3O4/c1-11-16(12-3-7-14(18)8-4-12)20(23)17(2,19(11)22)13-5-9-15(10-6-13)21(24)25/h3-11,22H,1-2H3/t11-,17+/m0/s1. The van der Waals surface area contributed by atoms with Crippen molar-refractivity contribution in [3.8, 4) is 0 Å². The molecule has 1 aliphatic rings. The summed E-state index contributed by atoms with van der Waals surface area (Å²) in [5.41, 5.74) is -0.391. The van der Waals surface area contributed by atoms with Crippen molar-refractivity contribution in [2.75, 3.05) is 0 Å². The molecule has 0 aliphatic carbocycles. The molecule has 0 radical (unpaired) electrons. The summed E-state index contributed by atoms with van der Waals surface area (Å²) >= 11 is 0. The van der Waals surface area contributed by atoms with Gasteiger partial charge in [-0.3, -0.25) is 10.1 Å². The smallest absolute Gasteiger partial charge is 0.274 e. The molecule has 1 N–H and O–H groups in total. The molecule has 130 valence electrons.